The summed E-state index contributed by atoms with van der Waals surface area (Å²) in [6.07, 6.45) is 14.3. The van der Waals surface area contributed by atoms with Crippen LogP contribution in [-0.2, 0) is 0 Å². The van der Waals surface area contributed by atoms with E-state index in [1.165, 1.54) is 64.2 Å². The maximum absolute atomic E-state index is 12.5. The molecule has 7 atom stereocenters. The summed E-state index contributed by atoms with van der Waals surface area (Å²) < 4.78 is -0.103. The van der Waals surface area contributed by atoms with Crippen molar-refractivity contribution in [2.24, 2.45) is 39.9 Å². The van der Waals surface area contributed by atoms with Crippen LogP contribution in [0.15, 0.2) is 11.1 Å². The molecule has 4 aliphatic carbocycles. The van der Waals surface area contributed by atoms with E-state index in [0.29, 0.717) is 16.7 Å². The molecule has 0 spiro atoms. The predicted octanol–water partition coefficient (Wildman–Crippen LogP) is 10.1. The molecule has 4 rings (SSSR count). The van der Waals surface area contributed by atoms with Crippen LogP contribution in [0.2, 0.25) is 0 Å². The van der Waals surface area contributed by atoms with E-state index in [9.17, 15) is 5.11 Å². The SMILES string of the molecule is CCSC(C)(SCC)[C@]1(O)CC[C@]2(C)C3=C(CC[C@H]21)[C@]1(C)CC[C@H]([C@H](C)CCCC(C)C)[C@@]1(C)CC3. The number of fused-ring (bicyclic) bond motifs is 4. The number of thioether (sulfide) groups is 2. The van der Waals surface area contributed by atoms with E-state index < -0.39 is 5.60 Å². The highest BCUT2D eigenvalue weighted by Crippen LogP contribution is 2.74. The van der Waals surface area contributed by atoms with Crippen LogP contribution in [-0.4, -0.2) is 26.3 Å². The maximum Gasteiger partial charge on any atom is 0.0918 e. The summed E-state index contributed by atoms with van der Waals surface area (Å²) >= 11 is 4.01. The van der Waals surface area contributed by atoms with Crippen LogP contribution >= 0.6 is 23.5 Å². The lowest BCUT2D eigenvalue weighted by Crippen LogP contribution is -2.55. The molecule has 0 amide bonds. The Morgan fingerprint density at radius 3 is 2.17 bits per heavy atom. The highest BCUT2D eigenvalue weighted by atomic mass is 32.2. The molecule has 208 valence electrons. The van der Waals surface area contributed by atoms with Crippen LogP contribution < -0.4 is 0 Å². The van der Waals surface area contributed by atoms with E-state index in [-0.39, 0.29) is 9.49 Å². The molecule has 36 heavy (non-hydrogen) atoms. The zero-order valence-electron chi connectivity index (χ0n) is 25.3. The molecule has 0 radical (unpaired) electrons. The van der Waals surface area contributed by atoms with Crippen LogP contribution in [0.5, 0.6) is 0 Å². The van der Waals surface area contributed by atoms with Gasteiger partial charge in [0.2, 0.25) is 0 Å². The number of aliphatic hydroxyl groups is 1. The topological polar surface area (TPSA) is 20.2 Å². The van der Waals surface area contributed by atoms with Crippen molar-refractivity contribution in [1.82, 2.24) is 0 Å². The van der Waals surface area contributed by atoms with E-state index in [0.717, 1.165) is 35.7 Å². The fourth-order valence-corrected chi connectivity index (χ4v) is 13.4. The van der Waals surface area contributed by atoms with Gasteiger partial charge in [-0.3, -0.25) is 0 Å². The molecule has 0 saturated heterocycles. The molecule has 0 bridgehead atoms. The van der Waals surface area contributed by atoms with Gasteiger partial charge < -0.3 is 5.11 Å². The van der Waals surface area contributed by atoms with Crippen molar-refractivity contribution in [3.05, 3.63) is 11.1 Å². The van der Waals surface area contributed by atoms with Crippen molar-refractivity contribution >= 4 is 23.5 Å². The van der Waals surface area contributed by atoms with E-state index in [4.69, 9.17) is 0 Å². The van der Waals surface area contributed by atoms with Gasteiger partial charge in [-0.1, -0.05) is 85.8 Å². The van der Waals surface area contributed by atoms with Gasteiger partial charge in [-0.05, 0) is 110 Å². The second-order valence-corrected chi connectivity index (χ2v) is 18.0. The van der Waals surface area contributed by atoms with Crippen LogP contribution in [0.4, 0.5) is 0 Å². The lowest BCUT2D eigenvalue weighted by molar-refractivity contribution is -0.0398. The minimum atomic E-state index is -0.563. The van der Waals surface area contributed by atoms with Gasteiger partial charge in [0.05, 0.1) is 9.68 Å². The number of hydrogen-bond donors (Lipinski definition) is 1. The molecule has 4 aliphatic rings. The first-order chi connectivity index (χ1) is 16.8. The molecular formula is C33H58OS2. The lowest BCUT2D eigenvalue weighted by Gasteiger charge is -2.58. The quantitative estimate of drug-likeness (QED) is 0.222. The van der Waals surface area contributed by atoms with E-state index in [2.05, 4.69) is 62.3 Å². The molecule has 0 heterocycles. The van der Waals surface area contributed by atoms with Gasteiger partial charge in [-0.15, -0.1) is 23.5 Å². The van der Waals surface area contributed by atoms with Gasteiger partial charge in [-0.2, -0.15) is 0 Å². The van der Waals surface area contributed by atoms with Gasteiger partial charge in [-0.25, -0.2) is 0 Å². The molecule has 2 saturated carbocycles. The van der Waals surface area contributed by atoms with Gasteiger partial charge in [0.15, 0.2) is 0 Å². The van der Waals surface area contributed by atoms with Crippen molar-refractivity contribution in [3.63, 3.8) is 0 Å². The van der Waals surface area contributed by atoms with Gasteiger partial charge in [0.1, 0.15) is 0 Å². The highest BCUT2D eigenvalue weighted by Gasteiger charge is 2.67. The monoisotopic (exact) mass is 534 g/mol. The largest absolute Gasteiger partial charge is 0.387 e. The summed E-state index contributed by atoms with van der Waals surface area (Å²) in [7, 11) is 0. The lowest BCUT2D eigenvalue weighted by atomic mass is 9.48. The summed E-state index contributed by atoms with van der Waals surface area (Å²) in [4.78, 5) is 0. The van der Waals surface area contributed by atoms with Crippen LogP contribution in [0.1, 0.15) is 133 Å². The van der Waals surface area contributed by atoms with Crippen LogP contribution in [0.3, 0.4) is 0 Å². The first kappa shape index (κ1) is 29.4. The molecule has 0 aromatic heterocycles. The summed E-state index contributed by atoms with van der Waals surface area (Å²) in [6, 6.07) is 0. The van der Waals surface area contributed by atoms with E-state index >= 15 is 0 Å². The summed E-state index contributed by atoms with van der Waals surface area (Å²) in [5, 5.41) is 12.5. The van der Waals surface area contributed by atoms with Crippen LogP contribution in [0.25, 0.3) is 0 Å². The first-order valence-corrected chi connectivity index (χ1v) is 17.5. The molecule has 3 heteroatoms. The molecular weight excluding hydrogens is 476 g/mol. The predicted molar refractivity (Wildman–Crippen MR) is 163 cm³/mol. The Morgan fingerprint density at radius 1 is 0.889 bits per heavy atom. The molecule has 0 unspecified atom stereocenters. The Kier molecular flexibility index (Phi) is 8.51. The summed E-state index contributed by atoms with van der Waals surface area (Å²) in [5.74, 6) is 5.12. The second-order valence-electron chi connectivity index (χ2n) is 14.4. The zero-order valence-corrected chi connectivity index (χ0v) is 26.9. The van der Waals surface area contributed by atoms with Gasteiger partial charge >= 0.3 is 0 Å². The standard InChI is InChI=1S/C33H58OS2/c1-10-35-32(9,36-11-2)33(34)22-21-29(6)26-18-20-30(7)25(24(5)14-12-13-23(3)4)17-19-31(30,8)27(26)15-16-28(29)33/h23-25,28,34H,10-22H2,1-9H3/t24-,25-,28-,29-,30-,31+,33+/m1/s1. The minimum Gasteiger partial charge on any atom is -0.387 e. The fourth-order valence-electron chi connectivity index (χ4n) is 10.2. The normalized spacial score (nSPS) is 41.4. The summed E-state index contributed by atoms with van der Waals surface area (Å²) in [5.41, 5.74) is 4.12. The highest BCUT2D eigenvalue weighted by molar-refractivity contribution is 8.18. The van der Waals surface area contributed by atoms with Crippen molar-refractivity contribution in [3.8, 4) is 0 Å². The Balaban J connectivity index is 1.63. The van der Waals surface area contributed by atoms with Crippen molar-refractivity contribution in [2.45, 2.75) is 143 Å². The third-order valence-corrected chi connectivity index (χ3v) is 15.5. The molecule has 1 N–H and O–H groups in total. The number of allylic oxidation sites excluding steroid dienone is 2. The molecule has 2 fully saturated rings. The van der Waals surface area contributed by atoms with Gasteiger partial charge in [0.25, 0.3) is 0 Å². The Morgan fingerprint density at radius 2 is 1.56 bits per heavy atom. The third-order valence-electron chi connectivity index (χ3n) is 12.5. The zero-order chi connectivity index (χ0) is 26.6. The Bertz CT molecular complexity index is 828. The summed E-state index contributed by atoms with van der Waals surface area (Å²) in [6.45, 7) is 22.2. The van der Waals surface area contributed by atoms with Crippen LogP contribution in [0, 0.1) is 39.9 Å². The second kappa shape index (κ2) is 10.4. The van der Waals surface area contributed by atoms with Crippen molar-refractivity contribution in [2.75, 3.05) is 11.5 Å². The Labute approximate surface area is 233 Å². The average molecular weight is 535 g/mol. The molecule has 1 nitrogen and oxygen atoms in total. The first-order valence-electron chi connectivity index (χ1n) is 15.6. The maximum atomic E-state index is 12.5. The smallest absolute Gasteiger partial charge is 0.0918 e. The Hall–Kier alpha value is 0.400. The third kappa shape index (κ3) is 4.31. The molecule has 0 aromatic rings. The molecule has 0 aromatic carbocycles. The van der Waals surface area contributed by atoms with Crippen molar-refractivity contribution < 1.29 is 5.11 Å². The fraction of sp³-hybridized carbons (Fsp3) is 0.939. The molecule has 0 aliphatic heterocycles. The number of hydrogen-bond acceptors (Lipinski definition) is 3. The van der Waals surface area contributed by atoms with E-state index in [1.54, 1.807) is 0 Å². The van der Waals surface area contributed by atoms with Crippen molar-refractivity contribution in [1.29, 1.82) is 0 Å². The van der Waals surface area contributed by atoms with Gasteiger partial charge in [0, 0.05) is 0 Å². The van der Waals surface area contributed by atoms with E-state index in [1.807, 2.05) is 34.7 Å². The minimum absolute atomic E-state index is 0.103. The average Bonchev–Trinajstić information content (AvgIpc) is 3.25. The number of rotatable bonds is 10.